The third kappa shape index (κ3) is 5.72. The fourth-order valence-electron chi connectivity index (χ4n) is 2.57. The maximum atomic E-state index is 11.9. The quantitative estimate of drug-likeness (QED) is 0.629. The van der Waals surface area contributed by atoms with Gasteiger partial charge >= 0.3 is 5.97 Å². The minimum absolute atomic E-state index is 0.223. The molecule has 114 valence electrons. The lowest BCUT2D eigenvalue weighted by atomic mass is 10.0. The molecule has 1 aromatic carbocycles. The standard InChI is InChI=1S/C18H25NO2/c1-18(2,3)21-17(20)12-16-10-7-11-19(14-16)13-15-8-5-4-6-9-15/h4-6,8-9,12H,7,10-11,13-14H2,1-3H3. The molecule has 2 rings (SSSR count). The molecule has 0 spiro atoms. The van der Waals surface area contributed by atoms with Crippen LogP contribution in [-0.4, -0.2) is 29.6 Å². The number of benzene rings is 1. The molecule has 0 unspecified atom stereocenters. The molecule has 1 saturated heterocycles. The Labute approximate surface area is 127 Å². The van der Waals surface area contributed by atoms with E-state index in [0.717, 1.165) is 32.5 Å². The van der Waals surface area contributed by atoms with Crippen molar-refractivity contribution in [1.82, 2.24) is 4.90 Å². The molecule has 1 heterocycles. The first kappa shape index (κ1) is 15.8. The van der Waals surface area contributed by atoms with E-state index < -0.39 is 5.60 Å². The molecule has 0 amide bonds. The summed E-state index contributed by atoms with van der Waals surface area (Å²) in [5, 5.41) is 0. The SMILES string of the molecule is CC(C)(C)OC(=O)C=C1CCCN(Cc2ccccc2)C1. The van der Waals surface area contributed by atoms with Crippen molar-refractivity contribution in [3.8, 4) is 0 Å². The Kier molecular flexibility index (Phi) is 5.18. The second kappa shape index (κ2) is 6.90. The lowest BCUT2D eigenvalue weighted by molar-refractivity contribution is -0.148. The van der Waals surface area contributed by atoms with Gasteiger partial charge in [-0.25, -0.2) is 4.79 Å². The summed E-state index contributed by atoms with van der Waals surface area (Å²) in [7, 11) is 0. The minimum Gasteiger partial charge on any atom is -0.457 e. The number of carbonyl (C=O) groups excluding carboxylic acids is 1. The Balaban J connectivity index is 1.93. The van der Waals surface area contributed by atoms with Crippen LogP contribution in [-0.2, 0) is 16.1 Å². The number of piperidine rings is 1. The Bertz CT molecular complexity index is 500. The first-order chi connectivity index (χ1) is 9.92. The van der Waals surface area contributed by atoms with Gasteiger partial charge in [-0.2, -0.15) is 0 Å². The van der Waals surface area contributed by atoms with E-state index in [0.29, 0.717) is 0 Å². The van der Waals surface area contributed by atoms with Crippen molar-refractivity contribution < 1.29 is 9.53 Å². The van der Waals surface area contributed by atoms with E-state index in [1.165, 1.54) is 11.1 Å². The molecule has 0 aromatic heterocycles. The molecule has 3 heteroatoms. The molecular formula is C18H25NO2. The zero-order valence-electron chi connectivity index (χ0n) is 13.3. The number of hydrogen-bond donors (Lipinski definition) is 0. The molecule has 0 atom stereocenters. The second-order valence-corrected chi connectivity index (χ2v) is 6.64. The van der Waals surface area contributed by atoms with Crippen LogP contribution in [0.1, 0.15) is 39.2 Å². The number of likely N-dealkylation sites (tertiary alicyclic amines) is 1. The van der Waals surface area contributed by atoms with Gasteiger partial charge in [-0.05, 0) is 51.3 Å². The van der Waals surface area contributed by atoms with Crippen molar-refractivity contribution in [3.63, 3.8) is 0 Å². The summed E-state index contributed by atoms with van der Waals surface area (Å²) in [5.74, 6) is -0.223. The molecule has 0 aliphatic carbocycles. The number of hydrogen-bond acceptors (Lipinski definition) is 3. The van der Waals surface area contributed by atoms with Gasteiger partial charge < -0.3 is 4.74 Å². The number of esters is 1. The number of nitrogens with zero attached hydrogens (tertiary/aromatic N) is 1. The van der Waals surface area contributed by atoms with Crippen molar-refractivity contribution in [2.75, 3.05) is 13.1 Å². The van der Waals surface area contributed by atoms with Crippen LogP contribution in [0.3, 0.4) is 0 Å². The van der Waals surface area contributed by atoms with Gasteiger partial charge in [0, 0.05) is 19.2 Å². The highest BCUT2D eigenvalue weighted by Crippen LogP contribution is 2.18. The van der Waals surface area contributed by atoms with Gasteiger partial charge in [0.2, 0.25) is 0 Å². The zero-order chi connectivity index (χ0) is 15.3. The summed E-state index contributed by atoms with van der Waals surface area (Å²) in [5.41, 5.74) is 2.06. The first-order valence-electron chi connectivity index (χ1n) is 7.61. The van der Waals surface area contributed by atoms with Crippen LogP contribution < -0.4 is 0 Å². The van der Waals surface area contributed by atoms with Crippen LogP contribution in [0, 0.1) is 0 Å². The zero-order valence-corrected chi connectivity index (χ0v) is 13.3. The molecule has 0 N–H and O–H groups in total. The molecule has 1 aliphatic heterocycles. The molecular weight excluding hydrogens is 262 g/mol. The average molecular weight is 287 g/mol. The van der Waals surface area contributed by atoms with Gasteiger partial charge in [0.1, 0.15) is 5.60 Å². The van der Waals surface area contributed by atoms with Crippen molar-refractivity contribution in [3.05, 3.63) is 47.5 Å². The van der Waals surface area contributed by atoms with Crippen molar-refractivity contribution in [2.24, 2.45) is 0 Å². The lowest BCUT2D eigenvalue weighted by Crippen LogP contribution is -2.31. The smallest absolute Gasteiger partial charge is 0.331 e. The summed E-state index contributed by atoms with van der Waals surface area (Å²) < 4.78 is 5.36. The van der Waals surface area contributed by atoms with E-state index in [-0.39, 0.29) is 5.97 Å². The van der Waals surface area contributed by atoms with Crippen LogP contribution in [0.5, 0.6) is 0 Å². The average Bonchev–Trinajstić information content (AvgIpc) is 2.38. The molecule has 3 nitrogen and oxygen atoms in total. The maximum absolute atomic E-state index is 11.9. The summed E-state index contributed by atoms with van der Waals surface area (Å²) in [6, 6.07) is 10.5. The fraction of sp³-hybridized carbons (Fsp3) is 0.500. The molecule has 1 aromatic rings. The third-order valence-corrected chi connectivity index (χ3v) is 3.38. The monoisotopic (exact) mass is 287 g/mol. The predicted octanol–water partition coefficient (Wildman–Crippen LogP) is 3.55. The van der Waals surface area contributed by atoms with Crippen LogP contribution in [0.4, 0.5) is 0 Å². The van der Waals surface area contributed by atoms with E-state index in [1.807, 2.05) is 26.8 Å². The summed E-state index contributed by atoms with van der Waals surface area (Å²) in [6.45, 7) is 8.56. The van der Waals surface area contributed by atoms with Gasteiger partial charge in [0.25, 0.3) is 0 Å². The van der Waals surface area contributed by atoms with Crippen molar-refractivity contribution >= 4 is 5.97 Å². The minimum atomic E-state index is -0.424. The molecule has 1 aliphatic rings. The third-order valence-electron chi connectivity index (χ3n) is 3.38. The maximum Gasteiger partial charge on any atom is 0.331 e. The number of ether oxygens (including phenoxy) is 1. The predicted molar refractivity (Wildman–Crippen MR) is 84.9 cm³/mol. The highest BCUT2D eigenvalue weighted by molar-refractivity contribution is 5.83. The largest absolute Gasteiger partial charge is 0.457 e. The molecule has 21 heavy (non-hydrogen) atoms. The molecule has 0 bridgehead atoms. The Morgan fingerprint density at radius 2 is 2.00 bits per heavy atom. The van der Waals surface area contributed by atoms with Crippen LogP contribution in [0.15, 0.2) is 42.0 Å². The lowest BCUT2D eigenvalue weighted by Gasteiger charge is -2.28. The molecule has 0 radical (unpaired) electrons. The van der Waals surface area contributed by atoms with Gasteiger partial charge in [-0.15, -0.1) is 0 Å². The number of carbonyl (C=O) groups is 1. The van der Waals surface area contributed by atoms with E-state index in [9.17, 15) is 4.79 Å². The van der Waals surface area contributed by atoms with Gasteiger partial charge in [0.05, 0.1) is 0 Å². The molecule has 0 saturated carbocycles. The van der Waals surface area contributed by atoms with Gasteiger partial charge in [0.15, 0.2) is 0 Å². The van der Waals surface area contributed by atoms with Crippen LogP contribution in [0.25, 0.3) is 0 Å². The van der Waals surface area contributed by atoms with E-state index in [1.54, 1.807) is 6.08 Å². The number of rotatable bonds is 3. The van der Waals surface area contributed by atoms with E-state index in [2.05, 4.69) is 29.2 Å². The fourth-order valence-corrected chi connectivity index (χ4v) is 2.57. The van der Waals surface area contributed by atoms with Gasteiger partial charge in [-0.1, -0.05) is 30.3 Å². The van der Waals surface area contributed by atoms with E-state index >= 15 is 0 Å². The summed E-state index contributed by atoms with van der Waals surface area (Å²) in [4.78, 5) is 14.3. The van der Waals surface area contributed by atoms with Crippen molar-refractivity contribution in [1.29, 1.82) is 0 Å². The van der Waals surface area contributed by atoms with Crippen LogP contribution in [0.2, 0.25) is 0 Å². The Morgan fingerprint density at radius 1 is 1.29 bits per heavy atom. The Morgan fingerprint density at radius 3 is 2.67 bits per heavy atom. The normalized spacial score (nSPS) is 18.7. The summed E-state index contributed by atoms with van der Waals surface area (Å²) in [6.07, 6.45) is 3.77. The first-order valence-corrected chi connectivity index (χ1v) is 7.61. The summed E-state index contributed by atoms with van der Waals surface area (Å²) >= 11 is 0. The van der Waals surface area contributed by atoms with Gasteiger partial charge in [-0.3, -0.25) is 4.90 Å². The van der Waals surface area contributed by atoms with Crippen molar-refractivity contribution in [2.45, 2.75) is 45.8 Å². The topological polar surface area (TPSA) is 29.5 Å². The van der Waals surface area contributed by atoms with E-state index in [4.69, 9.17) is 4.74 Å². The Hall–Kier alpha value is -1.61. The highest BCUT2D eigenvalue weighted by Gasteiger charge is 2.18. The van der Waals surface area contributed by atoms with Crippen LogP contribution >= 0.6 is 0 Å². The second-order valence-electron chi connectivity index (χ2n) is 6.64. The highest BCUT2D eigenvalue weighted by atomic mass is 16.6. The molecule has 1 fully saturated rings.